The molecule has 1 heterocycles. The Labute approximate surface area is 186 Å². The smallest absolute Gasteiger partial charge is 0.362 e. The maximum atomic E-state index is 11.7. The molecule has 0 radical (unpaired) electrons. The van der Waals surface area contributed by atoms with Crippen molar-refractivity contribution in [2.75, 3.05) is 7.11 Å². The molecule has 1 fully saturated rings. The average molecular weight is 432 g/mol. The summed E-state index contributed by atoms with van der Waals surface area (Å²) in [5.41, 5.74) is 2.64. The van der Waals surface area contributed by atoms with Gasteiger partial charge in [-0.05, 0) is 67.0 Å². The summed E-state index contributed by atoms with van der Waals surface area (Å²) in [5.74, 6) is 0.181. The lowest BCUT2D eigenvalue weighted by atomic mass is 9.82. The number of nitrogens with zero attached hydrogens (tertiary/aromatic N) is 4. The highest BCUT2D eigenvalue weighted by molar-refractivity contribution is 5.87. The zero-order chi connectivity index (χ0) is 22.5. The van der Waals surface area contributed by atoms with Gasteiger partial charge in [0.05, 0.1) is 25.3 Å². The molecule has 1 saturated carbocycles. The van der Waals surface area contributed by atoms with Gasteiger partial charge in [0.15, 0.2) is 0 Å². The molecule has 3 aromatic rings. The Hall–Kier alpha value is -3.86. The highest BCUT2D eigenvalue weighted by Crippen LogP contribution is 2.35. The maximum absolute atomic E-state index is 11.7. The van der Waals surface area contributed by atoms with Gasteiger partial charge in [-0.25, -0.2) is 9.48 Å². The van der Waals surface area contributed by atoms with E-state index in [1.807, 2.05) is 48.5 Å². The van der Waals surface area contributed by atoms with E-state index in [2.05, 4.69) is 16.4 Å². The summed E-state index contributed by atoms with van der Waals surface area (Å²) in [6, 6.07) is 17.3. The quantitative estimate of drug-likeness (QED) is 0.600. The Morgan fingerprint density at radius 2 is 1.81 bits per heavy atom. The summed E-state index contributed by atoms with van der Waals surface area (Å²) in [6.45, 7) is 0.347. The topological polar surface area (TPSA) is 110 Å². The molecule has 1 aliphatic rings. The molecule has 2 aromatic carbocycles. The van der Waals surface area contributed by atoms with Gasteiger partial charge in [-0.3, -0.25) is 0 Å². The first-order valence-corrected chi connectivity index (χ1v) is 10.5. The summed E-state index contributed by atoms with van der Waals surface area (Å²) < 4.78 is 12.8. The number of ether oxygens (including phenoxy) is 2. The molecule has 0 amide bonds. The Kier molecular flexibility index (Phi) is 6.36. The second kappa shape index (κ2) is 9.52. The summed E-state index contributed by atoms with van der Waals surface area (Å²) in [5, 5.41) is 26.4. The molecular weight excluding hydrogens is 408 g/mol. The van der Waals surface area contributed by atoms with Crippen molar-refractivity contribution in [3.8, 4) is 17.7 Å². The largest absolute Gasteiger partial charge is 0.497 e. The Morgan fingerprint density at radius 1 is 1.12 bits per heavy atom. The third-order valence-electron chi connectivity index (χ3n) is 5.85. The van der Waals surface area contributed by atoms with Gasteiger partial charge in [0, 0.05) is 0 Å². The normalized spacial score (nSPS) is 18.0. The third-order valence-corrected chi connectivity index (χ3v) is 5.85. The number of rotatable bonds is 7. The fourth-order valence-electron chi connectivity index (χ4n) is 4.06. The molecule has 0 aliphatic heterocycles. The molecule has 4 rings (SSSR count). The van der Waals surface area contributed by atoms with Gasteiger partial charge in [0.1, 0.15) is 11.9 Å². The molecule has 1 aliphatic carbocycles. The van der Waals surface area contributed by atoms with Gasteiger partial charge in [-0.2, -0.15) is 5.26 Å². The van der Waals surface area contributed by atoms with E-state index in [0.717, 1.165) is 37.0 Å². The predicted octanol–water partition coefficient (Wildman–Crippen LogP) is 4.01. The number of carbonyl (C=O) groups is 1. The minimum atomic E-state index is -1.16. The van der Waals surface area contributed by atoms with Crippen molar-refractivity contribution in [3.63, 3.8) is 0 Å². The number of aromatic nitrogens is 3. The first-order valence-electron chi connectivity index (χ1n) is 10.5. The number of carboxylic acids is 1. The number of aromatic carboxylic acids is 1. The number of hydrogen-bond donors (Lipinski definition) is 1. The van der Waals surface area contributed by atoms with Crippen LogP contribution in [0.1, 0.15) is 58.8 Å². The fourth-order valence-corrected chi connectivity index (χ4v) is 4.06. The van der Waals surface area contributed by atoms with Crippen LogP contribution < -0.4 is 9.47 Å². The minimum Gasteiger partial charge on any atom is -0.497 e. The second-order valence-corrected chi connectivity index (χ2v) is 7.88. The number of nitriles is 1. The Bertz CT molecular complexity index is 1110. The molecule has 0 spiro atoms. The van der Waals surface area contributed by atoms with Crippen LogP contribution in [0.25, 0.3) is 0 Å². The van der Waals surface area contributed by atoms with Gasteiger partial charge >= 0.3 is 5.97 Å². The van der Waals surface area contributed by atoms with Crippen LogP contribution in [0.2, 0.25) is 0 Å². The van der Waals surface area contributed by atoms with Crippen molar-refractivity contribution in [1.29, 1.82) is 5.26 Å². The van der Waals surface area contributed by atoms with E-state index in [0.29, 0.717) is 18.0 Å². The predicted molar refractivity (Wildman–Crippen MR) is 116 cm³/mol. The van der Waals surface area contributed by atoms with Gasteiger partial charge in [0.2, 0.25) is 11.6 Å². The fraction of sp³-hybridized carbons (Fsp3) is 0.333. The number of methoxy groups -OCH3 is 1. The van der Waals surface area contributed by atoms with Crippen LogP contribution in [0.5, 0.6) is 11.6 Å². The highest BCUT2D eigenvalue weighted by Gasteiger charge is 2.28. The molecular formula is C24H24N4O4. The van der Waals surface area contributed by atoms with Crippen molar-refractivity contribution < 1.29 is 19.4 Å². The van der Waals surface area contributed by atoms with E-state index in [9.17, 15) is 9.90 Å². The van der Waals surface area contributed by atoms with E-state index in [-0.39, 0.29) is 17.7 Å². The highest BCUT2D eigenvalue weighted by atomic mass is 16.5. The van der Waals surface area contributed by atoms with E-state index in [1.165, 1.54) is 10.2 Å². The van der Waals surface area contributed by atoms with Crippen molar-refractivity contribution in [2.45, 2.75) is 44.2 Å². The van der Waals surface area contributed by atoms with Crippen molar-refractivity contribution in [2.24, 2.45) is 0 Å². The molecule has 8 heteroatoms. The molecule has 0 bridgehead atoms. The lowest BCUT2D eigenvalue weighted by Gasteiger charge is -2.29. The number of carboxylic acid groups (broad SMARTS) is 1. The van der Waals surface area contributed by atoms with Gasteiger partial charge in [0.25, 0.3) is 0 Å². The van der Waals surface area contributed by atoms with Crippen LogP contribution in [0.4, 0.5) is 0 Å². The van der Waals surface area contributed by atoms with Crippen LogP contribution in [0.3, 0.4) is 0 Å². The second-order valence-electron chi connectivity index (χ2n) is 7.88. The molecule has 0 atom stereocenters. The Balaban J connectivity index is 1.44. The molecule has 0 unspecified atom stereocenters. The molecule has 8 nitrogen and oxygen atoms in total. The Morgan fingerprint density at radius 3 is 2.41 bits per heavy atom. The van der Waals surface area contributed by atoms with Gasteiger partial charge in [-0.15, -0.1) is 5.10 Å². The van der Waals surface area contributed by atoms with E-state index in [1.54, 1.807) is 7.11 Å². The van der Waals surface area contributed by atoms with Gasteiger partial charge < -0.3 is 14.6 Å². The van der Waals surface area contributed by atoms with E-state index >= 15 is 0 Å². The maximum Gasteiger partial charge on any atom is 0.362 e. The molecule has 0 saturated heterocycles. The lowest BCUT2D eigenvalue weighted by Crippen LogP contribution is -2.25. The average Bonchev–Trinajstić information content (AvgIpc) is 3.22. The van der Waals surface area contributed by atoms with E-state index in [4.69, 9.17) is 14.7 Å². The summed E-state index contributed by atoms with van der Waals surface area (Å²) in [6.07, 6.45) is 3.36. The van der Waals surface area contributed by atoms with Crippen molar-refractivity contribution in [3.05, 3.63) is 70.9 Å². The summed E-state index contributed by atoms with van der Waals surface area (Å²) in [4.78, 5) is 11.7. The number of benzene rings is 2. The van der Waals surface area contributed by atoms with Crippen LogP contribution in [-0.4, -0.2) is 39.3 Å². The standard InChI is InChI=1S/C24H24N4O4/c1-31-20-10-4-17(5-11-20)15-28-23(22(24(29)30)26-27-28)32-21-12-8-19(9-13-21)18-6-2-16(14-25)3-7-18/h2-7,10-11,19,21H,8-9,12-13,15H2,1H3,(H,29,30). The summed E-state index contributed by atoms with van der Waals surface area (Å²) in [7, 11) is 1.60. The zero-order valence-electron chi connectivity index (χ0n) is 17.8. The van der Waals surface area contributed by atoms with E-state index < -0.39 is 5.97 Å². The van der Waals surface area contributed by atoms with Gasteiger partial charge in [-0.1, -0.05) is 29.5 Å². The molecule has 1 N–H and O–H groups in total. The monoisotopic (exact) mass is 432 g/mol. The zero-order valence-corrected chi connectivity index (χ0v) is 17.8. The van der Waals surface area contributed by atoms with Crippen molar-refractivity contribution >= 4 is 5.97 Å². The first-order chi connectivity index (χ1) is 15.6. The third kappa shape index (κ3) is 4.72. The van der Waals surface area contributed by atoms with Crippen LogP contribution in [0.15, 0.2) is 48.5 Å². The van der Waals surface area contributed by atoms with Crippen LogP contribution >= 0.6 is 0 Å². The summed E-state index contributed by atoms with van der Waals surface area (Å²) >= 11 is 0. The lowest BCUT2D eigenvalue weighted by molar-refractivity contribution is 0.0676. The van der Waals surface area contributed by atoms with Crippen LogP contribution in [-0.2, 0) is 6.54 Å². The minimum absolute atomic E-state index is 0.101. The molecule has 164 valence electrons. The van der Waals surface area contributed by atoms with Crippen LogP contribution in [0, 0.1) is 11.3 Å². The van der Waals surface area contributed by atoms with Crippen molar-refractivity contribution in [1.82, 2.24) is 15.0 Å². The number of hydrogen-bond acceptors (Lipinski definition) is 6. The molecule has 32 heavy (non-hydrogen) atoms. The first kappa shape index (κ1) is 21.4. The molecule has 1 aromatic heterocycles. The SMILES string of the molecule is COc1ccc(Cn2nnc(C(=O)O)c2OC2CCC(c3ccc(C#N)cc3)CC2)cc1.